The zero-order chi connectivity index (χ0) is 25.2. The number of halogens is 1. The third-order valence-electron chi connectivity index (χ3n) is 5.48. The highest BCUT2D eigenvalue weighted by Gasteiger charge is 2.49. The number of alkyl halides is 1. The van der Waals surface area contributed by atoms with Crippen LogP contribution in [-0.4, -0.2) is 45.1 Å². The number of esters is 1. The van der Waals surface area contributed by atoms with Gasteiger partial charge in [0.15, 0.2) is 6.10 Å². The summed E-state index contributed by atoms with van der Waals surface area (Å²) in [5.41, 5.74) is 1.38. The number of carbonyl (C=O) groups excluding carboxylic acids is 3. The highest BCUT2D eigenvalue weighted by Crippen LogP contribution is 2.44. The van der Waals surface area contributed by atoms with Gasteiger partial charge in [-0.1, -0.05) is 60.7 Å². The van der Waals surface area contributed by atoms with Gasteiger partial charge in [0.1, 0.15) is 16.7 Å². The fourth-order valence-electron chi connectivity index (χ4n) is 3.93. The van der Waals surface area contributed by atoms with E-state index in [0.29, 0.717) is 5.57 Å². The number of hydrogen-bond donors (Lipinski definition) is 1. The van der Waals surface area contributed by atoms with E-state index in [1.54, 1.807) is 20.8 Å². The minimum atomic E-state index is -0.687. The van der Waals surface area contributed by atoms with Crippen LogP contribution < -0.4 is 5.32 Å². The first kappa shape index (κ1) is 25.1. The Balaban J connectivity index is 1.67. The zero-order valence-electron chi connectivity index (χ0n) is 19.7. The van der Waals surface area contributed by atoms with Gasteiger partial charge in [-0.05, 0) is 31.9 Å². The Hall–Kier alpha value is -2.97. The number of amides is 2. The molecule has 0 bridgehead atoms. The van der Waals surface area contributed by atoms with E-state index in [2.05, 4.69) is 5.32 Å². The predicted octanol–water partition coefficient (Wildman–Crippen LogP) is 4.97. The third-order valence-corrected chi connectivity index (χ3v) is 7.13. The van der Waals surface area contributed by atoms with E-state index in [0.717, 1.165) is 11.1 Å². The maximum atomic E-state index is 13.6. The second-order valence-electron chi connectivity index (χ2n) is 9.20. The van der Waals surface area contributed by atoms with Crippen molar-refractivity contribution in [3.63, 3.8) is 0 Å². The molecule has 0 spiro atoms. The molecular formula is C26H27ClN2O5S. The van der Waals surface area contributed by atoms with Crippen molar-refractivity contribution in [2.75, 3.05) is 5.88 Å². The van der Waals surface area contributed by atoms with Gasteiger partial charge >= 0.3 is 12.1 Å². The molecule has 2 amide bonds. The van der Waals surface area contributed by atoms with Crippen molar-refractivity contribution >= 4 is 41.3 Å². The summed E-state index contributed by atoms with van der Waals surface area (Å²) >= 11 is 7.62. The summed E-state index contributed by atoms with van der Waals surface area (Å²) in [6, 6.07) is 18.8. The molecule has 2 atom stereocenters. The molecule has 4 rings (SSSR count). The van der Waals surface area contributed by atoms with Crippen LogP contribution in [0.2, 0.25) is 0 Å². The monoisotopic (exact) mass is 514 g/mol. The van der Waals surface area contributed by atoms with Gasteiger partial charge in [-0.3, -0.25) is 9.69 Å². The van der Waals surface area contributed by atoms with E-state index >= 15 is 0 Å². The van der Waals surface area contributed by atoms with Gasteiger partial charge in [0.2, 0.25) is 5.91 Å². The first-order valence-electron chi connectivity index (χ1n) is 11.2. The molecule has 0 aliphatic carbocycles. The highest BCUT2D eigenvalue weighted by molar-refractivity contribution is 8.00. The number of rotatable bonds is 6. The lowest BCUT2D eigenvalue weighted by Crippen LogP contribution is -2.58. The Kier molecular flexibility index (Phi) is 7.42. The molecule has 0 radical (unpaired) electrons. The standard InChI is InChI=1S/C26H27ClN2O5S/c1-26(2,3)34-25(32)28-23-18(15-27)21(29-19(30)14-20(29)35-23)24(31)33-22(16-10-6-4-7-11-16)17-12-8-5-9-13-17/h4-13,20,22-23H,14-15H2,1-3H3,(H,28,32)/t20-,23?/m1/s1. The Bertz CT molecular complexity index is 1090. The minimum Gasteiger partial charge on any atom is -0.448 e. The number of thioether (sulfide) groups is 1. The molecule has 2 aliphatic rings. The normalized spacial score (nSPS) is 19.7. The maximum Gasteiger partial charge on any atom is 0.408 e. The van der Waals surface area contributed by atoms with Crippen LogP contribution in [0.15, 0.2) is 71.9 Å². The lowest BCUT2D eigenvalue weighted by atomic mass is 10.0. The number of alkyl carbamates (subject to hydrolysis) is 1. The molecule has 2 aromatic rings. The van der Waals surface area contributed by atoms with Crippen LogP contribution in [0.3, 0.4) is 0 Å². The molecule has 1 N–H and O–H groups in total. The SMILES string of the molecule is CC(C)(C)OC(=O)NC1S[C@@H]2CC(=O)N2C(C(=O)OC(c2ccccc2)c2ccccc2)=C1CCl. The molecule has 9 heteroatoms. The summed E-state index contributed by atoms with van der Waals surface area (Å²) in [5.74, 6) is -0.938. The summed E-state index contributed by atoms with van der Waals surface area (Å²) in [5, 5.41) is 1.86. The molecule has 0 saturated carbocycles. The first-order chi connectivity index (χ1) is 16.7. The van der Waals surface area contributed by atoms with Crippen molar-refractivity contribution in [1.29, 1.82) is 0 Å². The van der Waals surface area contributed by atoms with E-state index in [1.807, 2.05) is 60.7 Å². The van der Waals surface area contributed by atoms with Gasteiger partial charge in [-0.2, -0.15) is 0 Å². The summed E-state index contributed by atoms with van der Waals surface area (Å²) in [4.78, 5) is 40.0. The molecule has 35 heavy (non-hydrogen) atoms. The molecule has 2 heterocycles. The average Bonchev–Trinajstić information content (AvgIpc) is 2.81. The molecule has 2 aliphatic heterocycles. The Morgan fingerprint density at radius 1 is 1.09 bits per heavy atom. The molecule has 7 nitrogen and oxygen atoms in total. The largest absolute Gasteiger partial charge is 0.448 e. The van der Waals surface area contributed by atoms with Crippen LogP contribution in [0.1, 0.15) is 44.4 Å². The van der Waals surface area contributed by atoms with Gasteiger partial charge in [0.05, 0.1) is 11.8 Å². The number of β-lactam (4-membered cyclic amide) rings is 1. The van der Waals surface area contributed by atoms with Crippen molar-refractivity contribution in [1.82, 2.24) is 10.2 Å². The van der Waals surface area contributed by atoms with E-state index in [1.165, 1.54) is 16.7 Å². The topological polar surface area (TPSA) is 84.9 Å². The molecule has 1 fully saturated rings. The number of ether oxygens (including phenoxy) is 2. The van der Waals surface area contributed by atoms with E-state index in [4.69, 9.17) is 21.1 Å². The highest BCUT2D eigenvalue weighted by atomic mass is 35.5. The molecule has 1 unspecified atom stereocenters. The van der Waals surface area contributed by atoms with Gasteiger partial charge in [0.25, 0.3) is 0 Å². The van der Waals surface area contributed by atoms with Crippen molar-refractivity contribution in [3.8, 4) is 0 Å². The fraction of sp³-hybridized carbons (Fsp3) is 0.346. The van der Waals surface area contributed by atoms with Crippen molar-refractivity contribution in [2.24, 2.45) is 0 Å². The average molecular weight is 515 g/mol. The fourth-order valence-corrected chi connectivity index (χ4v) is 5.72. The quantitative estimate of drug-likeness (QED) is 0.333. The predicted molar refractivity (Wildman–Crippen MR) is 135 cm³/mol. The van der Waals surface area contributed by atoms with Crippen LogP contribution in [0, 0.1) is 0 Å². The number of hydrogen-bond acceptors (Lipinski definition) is 6. The third kappa shape index (κ3) is 5.65. The summed E-state index contributed by atoms with van der Waals surface area (Å²) in [6.07, 6.45) is -1.06. The summed E-state index contributed by atoms with van der Waals surface area (Å²) in [7, 11) is 0. The number of benzene rings is 2. The van der Waals surface area contributed by atoms with Crippen LogP contribution in [0.4, 0.5) is 4.79 Å². The smallest absolute Gasteiger partial charge is 0.408 e. The van der Waals surface area contributed by atoms with E-state index < -0.39 is 29.1 Å². The maximum absolute atomic E-state index is 13.6. The van der Waals surface area contributed by atoms with Crippen LogP contribution in [0.5, 0.6) is 0 Å². The van der Waals surface area contributed by atoms with E-state index in [9.17, 15) is 14.4 Å². The lowest BCUT2D eigenvalue weighted by molar-refractivity contribution is -0.151. The lowest BCUT2D eigenvalue weighted by Gasteiger charge is -2.47. The van der Waals surface area contributed by atoms with Gasteiger partial charge < -0.3 is 14.8 Å². The molecule has 184 valence electrons. The molecule has 1 saturated heterocycles. The molecule has 0 aromatic heterocycles. The van der Waals surface area contributed by atoms with Crippen molar-refractivity contribution < 1.29 is 23.9 Å². The van der Waals surface area contributed by atoms with Gasteiger partial charge in [-0.25, -0.2) is 9.59 Å². The molecular weight excluding hydrogens is 488 g/mol. The minimum absolute atomic E-state index is 0.0737. The Labute approximate surface area is 213 Å². The second kappa shape index (κ2) is 10.3. The number of nitrogens with zero attached hydrogens (tertiary/aromatic N) is 1. The number of fused-ring (bicyclic) bond motifs is 1. The number of carbonyl (C=O) groups is 3. The van der Waals surface area contributed by atoms with E-state index in [-0.39, 0.29) is 29.3 Å². The Morgan fingerprint density at radius 2 is 1.66 bits per heavy atom. The summed E-state index contributed by atoms with van der Waals surface area (Å²) < 4.78 is 11.4. The number of nitrogens with one attached hydrogen (secondary N) is 1. The van der Waals surface area contributed by atoms with Crippen molar-refractivity contribution in [3.05, 3.63) is 83.1 Å². The Morgan fingerprint density at radius 3 is 2.14 bits per heavy atom. The zero-order valence-corrected chi connectivity index (χ0v) is 21.3. The first-order valence-corrected chi connectivity index (χ1v) is 12.7. The van der Waals surface area contributed by atoms with Gasteiger partial charge in [-0.15, -0.1) is 23.4 Å². The van der Waals surface area contributed by atoms with Crippen LogP contribution in [-0.2, 0) is 19.1 Å². The van der Waals surface area contributed by atoms with Crippen LogP contribution >= 0.6 is 23.4 Å². The second-order valence-corrected chi connectivity index (χ2v) is 10.8. The summed E-state index contributed by atoms with van der Waals surface area (Å²) in [6.45, 7) is 5.30. The van der Waals surface area contributed by atoms with Crippen LogP contribution in [0.25, 0.3) is 0 Å². The van der Waals surface area contributed by atoms with Gasteiger partial charge in [0, 0.05) is 11.5 Å². The van der Waals surface area contributed by atoms with Crippen molar-refractivity contribution in [2.45, 2.75) is 49.6 Å². The molecule has 2 aromatic carbocycles.